The van der Waals surface area contributed by atoms with Gasteiger partial charge >= 0.3 is 5.97 Å². The Bertz CT molecular complexity index is 846. The number of anilines is 1. The van der Waals surface area contributed by atoms with Crippen molar-refractivity contribution < 1.29 is 22.7 Å². The number of nitrogens with zero attached hydrogens (tertiary/aromatic N) is 1. The number of para-hydroxylation sites is 2. The predicted octanol–water partition coefficient (Wildman–Crippen LogP) is 3.15. The second-order valence-electron chi connectivity index (χ2n) is 5.53. The first-order valence-corrected chi connectivity index (χ1v) is 9.81. The van der Waals surface area contributed by atoms with Gasteiger partial charge < -0.3 is 9.47 Å². The molecule has 0 unspecified atom stereocenters. The van der Waals surface area contributed by atoms with Crippen molar-refractivity contribution in [3.05, 3.63) is 54.1 Å². The van der Waals surface area contributed by atoms with Crippen LogP contribution in [0.15, 0.2) is 53.4 Å². The van der Waals surface area contributed by atoms with E-state index >= 15 is 0 Å². The van der Waals surface area contributed by atoms with E-state index in [2.05, 4.69) is 0 Å². The van der Waals surface area contributed by atoms with Gasteiger partial charge in [0, 0.05) is 0 Å². The van der Waals surface area contributed by atoms with Crippen LogP contribution in [0.2, 0.25) is 0 Å². The van der Waals surface area contributed by atoms with Gasteiger partial charge in [-0.25, -0.2) is 8.42 Å². The Balaban J connectivity index is 2.54. The van der Waals surface area contributed by atoms with Gasteiger partial charge in [0.1, 0.15) is 12.3 Å². The maximum atomic E-state index is 13.2. The molecule has 7 heteroatoms. The van der Waals surface area contributed by atoms with Gasteiger partial charge in [-0.3, -0.25) is 9.10 Å². The van der Waals surface area contributed by atoms with Crippen molar-refractivity contribution >= 4 is 21.7 Å². The molecule has 140 valence electrons. The second kappa shape index (κ2) is 8.71. The van der Waals surface area contributed by atoms with Gasteiger partial charge in [0.2, 0.25) is 0 Å². The molecule has 0 fully saturated rings. The van der Waals surface area contributed by atoms with Crippen LogP contribution in [-0.4, -0.2) is 34.1 Å². The van der Waals surface area contributed by atoms with E-state index in [4.69, 9.17) is 9.47 Å². The molecule has 0 aromatic heterocycles. The van der Waals surface area contributed by atoms with Gasteiger partial charge in [-0.15, -0.1) is 0 Å². The molecule has 0 heterocycles. The van der Waals surface area contributed by atoms with Crippen molar-refractivity contribution in [3.8, 4) is 5.75 Å². The lowest BCUT2D eigenvalue weighted by Crippen LogP contribution is -2.37. The van der Waals surface area contributed by atoms with E-state index in [1.165, 1.54) is 12.1 Å². The highest BCUT2D eigenvalue weighted by Crippen LogP contribution is 2.32. The third-order valence-corrected chi connectivity index (χ3v) is 5.39. The zero-order chi connectivity index (χ0) is 19.2. The number of sulfonamides is 1. The van der Waals surface area contributed by atoms with Crippen molar-refractivity contribution in [1.29, 1.82) is 0 Å². The van der Waals surface area contributed by atoms with Gasteiger partial charge in [0.05, 0.1) is 23.8 Å². The zero-order valence-electron chi connectivity index (χ0n) is 15.1. The Kier molecular flexibility index (Phi) is 6.63. The Morgan fingerprint density at radius 3 is 2.27 bits per heavy atom. The first kappa shape index (κ1) is 19.8. The van der Waals surface area contributed by atoms with Crippen molar-refractivity contribution in [2.45, 2.75) is 25.7 Å². The van der Waals surface area contributed by atoms with Crippen molar-refractivity contribution in [2.24, 2.45) is 0 Å². The molecule has 0 saturated carbocycles. The van der Waals surface area contributed by atoms with E-state index in [9.17, 15) is 13.2 Å². The fourth-order valence-corrected chi connectivity index (χ4v) is 3.82. The molecule has 0 N–H and O–H groups in total. The number of aryl methyl sites for hydroxylation is 1. The SMILES string of the molecule is CCOC(=O)CN(c1ccccc1OCC)S(=O)(=O)c1ccc(C)cc1. The fraction of sp³-hybridized carbons (Fsp3) is 0.316. The van der Waals surface area contributed by atoms with Gasteiger partial charge in [0.25, 0.3) is 10.0 Å². The number of ether oxygens (including phenoxy) is 2. The first-order chi connectivity index (χ1) is 12.4. The minimum atomic E-state index is -3.97. The summed E-state index contributed by atoms with van der Waals surface area (Å²) in [5.74, 6) is -0.246. The molecule has 0 amide bonds. The number of benzene rings is 2. The van der Waals surface area contributed by atoms with Crippen LogP contribution in [-0.2, 0) is 19.6 Å². The number of hydrogen-bond donors (Lipinski definition) is 0. The Morgan fingerprint density at radius 1 is 1.00 bits per heavy atom. The van der Waals surface area contributed by atoms with Gasteiger partial charge in [-0.1, -0.05) is 29.8 Å². The van der Waals surface area contributed by atoms with Gasteiger partial charge in [-0.05, 0) is 45.0 Å². The first-order valence-electron chi connectivity index (χ1n) is 8.37. The molecular formula is C19H23NO5S. The number of rotatable bonds is 8. The summed E-state index contributed by atoms with van der Waals surface area (Å²) in [7, 11) is -3.97. The Labute approximate surface area is 154 Å². The molecule has 2 aromatic carbocycles. The van der Waals surface area contributed by atoms with Crippen LogP contribution in [0.1, 0.15) is 19.4 Å². The molecule has 2 aromatic rings. The standard InChI is InChI=1S/C19H23NO5S/c1-4-24-18-9-7-6-8-17(18)20(14-19(21)25-5-2)26(22,23)16-12-10-15(3)11-13-16/h6-13H,4-5,14H2,1-3H3. The van der Waals surface area contributed by atoms with E-state index in [-0.39, 0.29) is 11.5 Å². The molecule has 26 heavy (non-hydrogen) atoms. The molecule has 0 bridgehead atoms. The van der Waals surface area contributed by atoms with Crippen LogP contribution >= 0.6 is 0 Å². The molecule has 0 aliphatic heterocycles. The van der Waals surface area contributed by atoms with E-state index in [0.717, 1.165) is 9.87 Å². The highest BCUT2D eigenvalue weighted by atomic mass is 32.2. The van der Waals surface area contributed by atoms with Gasteiger partial charge in [0.15, 0.2) is 0 Å². The molecule has 6 nitrogen and oxygen atoms in total. The van der Waals surface area contributed by atoms with Crippen molar-refractivity contribution in [2.75, 3.05) is 24.1 Å². The van der Waals surface area contributed by atoms with Crippen LogP contribution in [0.5, 0.6) is 5.75 Å². The maximum Gasteiger partial charge on any atom is 0.326 e. The summed E-state index contributed by atoms with van der Waals surface area (Å²) in [4.78, 5) is 12.2. The van der Waals surface area contributed by atoms with Gasteiger partial charge in [-0.2, -0.15) is 0 Å². The molecule has 0 atom stereocenters. The van der Waals surface area contributed by atoms with E-state index in [1.807, 2.05) is 6.92 Å². The highest BCUT2D eigenvalue weighted by molar-refractivity contribution is 7.92. The average Bonchev–Trinajstić information content (AvgIpc) is 2.61. The Morgan fingerprint density at radius 2 is 1.65 bits per heavy atom. The second-order valence-corrected chi connectivity index (χ2v) is 7.39. The van der Waals surface area contributed by atoms with E-state index in [1.54, 1.807) is 50.2 Å². The largest absolute Gasteiger partial charge is 0.492 e. The summed E-state index contributed by atoms with van der Waals surface area (Å²) in [5, 5.41) is 0. The molecular weight excluding hydrogens is 354 g/mol. The Hall–Kier alpha value is -2.54. The lowest BCUT2D eigenvalue weighted by atomic mass is 10.2. The number of carbonyl (C=O) groups excluding carboxylic acids is 1. The third-order valence-electron chi connectivity index (χ3n) is 3.62. The number of hydrogen-bond acceptors (Lipinski definition) is 5. The lowest BCUT2D eigenvalue weighted by Gasteiger charge is -2.25. The van der Waals surface area contributed by atoms with Crippen LogP contribution < -0.4 is 9.04 Å². The minimum absolute atomic E-state index is 0.0960. The van der Waals surface area contributed by atoms with E-state index in [0.29, 0.717) is 18.0 Å². The van der Waals surface area contributed by atoms with Crippen LogP contribution in [0, 0.1) is 6.92 Å². The quantitative estimate of drug-likeness (QED) is 0.661. The highest BCUT2D eigenvalue weighted by Gasteiger charge is 2.29. The third kappa shape index (κ3) is 4.54. The summed E-state index contributed by atoms with van der Waals surface area (Å²) in [6, 6.07) is 13.2. The zero-order valence-corrected chi connectivity index (χ0v) is 16.0. The van der Waals surface area contributed by atoms with Crippen LogP contribution in [0.4, 0.5) is 5.69 Å². The predicted molar refractivity (Wildman–Crippen MR) is 100.0 cm³/mol. The number of esters is 1. The van der Waals surface area contributed by atoms with Crippen molar-refractivity contribution in [1.82, 2.24) is 0 Å². The maximum absolute atomic E-state index is 13.2. The fourth-order valence-electron chi connectivity index (χ4n) is 2.40. The average molecular weight is 377 g/mol. The molecule has 0 radical (unpaired) electrons. The lowest BCUT2D eigenvalue weighted by molar-refractivity contribution is -0.141. The normalized spacial score (nSPS) is 11.0. The summed E-state index contributed by atoms with van der Waals surface area (Å²) in [5.41, 5.74) is 1.23. The topological polar surface area (TPSA) is 72.9 Å². The smallest absolute Gasteiger partial charge is 0.326 e. The summed E-state index contributed by atoms with van der Waals surface area (Å²) in [6.45, 7) is 5.45. The van der Waals surface area contributed by atoms with E-state index < -0.39 is 22.5 Å². The molecule has 0 aliphatic carbocycles. The molecule has 0 spiro atoms. The summed E-state index contributed by atoms with van der Waals surface area (Å²) < 4.78 is 37.9. The van der Waals surface area contributed by atoms with Crippen LogP contribution in [0.3, 0.4) is 0 Å². The number of carbonyl (C=O) groups is 1. The summed E-state index contributed by atoms with van der Waals surface area (Å²) in [6.07, 6.45) is 0. The monoisotopic (exact) mass is 377 g/mol. The molecule has 0 saturated heterocycles. The van der Waals surface area contributed by atoms with Crippen molar-refractivity contribution in [3.63, 3.8) is 0 Å². The minimum Gasteiger partial charge on any atom is -0.492 e. The molecule has 0 aliphatic rings. The van der Waals surface area contributed by atoms with Crippen LogP contribution in [0.25, 0.3) is 0 Å². The summed E-state index contributed by atoms with van der Waals surface area (Å²) >= 11 is 0. The molecule has 2 rings (SSSR count).